The molecule has 1 fully saturated rings. The third-order valence-electron chi connectivity index (χ3n) is 3.18. The van der Waals surface area contributed by atoms with Gasteiger partial charge in [-0.05, 0) is 32.3 Å². The van der Waals surface area contributed by atoms with Crippen LogP contribution in [0.25, 0.3) is 0 Å². The summed E-state index contributed by atoms with van der Waals surface area (Å²) in [6.07, 6.45) is 3.08. The first-order valence-corrected chi connectivity index (χ1v) is 6.21. The van der Waals surface area contributed by atoms with Gasteiger partial charge in [0.05, 0.1) is 0 Å². The molecule has 1 aliphatic rings. The summed E-state index contributed by atoms with van der Waals surface area (Å²) in [6.45, 7) is 2.01. The molecule has 0 aromatic heterocycles. The van der Waals surface area contributed by atoms with E-state index in [9.17, 15) is 10.2 Å². The molecule has 1 aliphatic carbocycles. The first-order chi connectivity index (χ1) is 7.43. The van der Waals surface area contributed by atoms with Crippen LogP contribution in [0.5, 0.6) is 0 Å². The van der Waals surface area contributed by atoms with Crippen molar-refractivity contribution in [3.8, 4) is 0 Å². The minimum atomic E-state index is -1.98. The largest absolute Gasteiger partial charge is 0.350 e. The van der Waals surface area contributed by atoms with E-state index >= 15 is 0 Å². The van der Waals surface area contributed by atoms with Gasteiger partial charge in [-0.3, -0.25) is 5.32 Å². The van der Waals surface area contributed by atoms with E-state index in [4.69, 9.17) is 0 Å². The van der Waals surface area contributed by atoms with Gasteiger partial charge < -0.3 is 10.2 Å². The van der Waals surface area contributed by atoms with Crippen molar-refractivity contribution in [2.45, 2.75) is 37.6 Å². The molecule has 0 heterocycles. The molecule has 16 heavy (non-hydrogen) atoms. The van der Waals surface area contributed by atoms with Crippen molar-refractivity contribution in [1.82, 2.24) is 5.32 Å². The SMILES string of the molecule is CC1(NC(O)(O)c2ccccc2Br)CCC1. The molecule has 0 saturated heterocycles. The second kappa shape index (κ2) is 4.11. The van der Waals surface area contributed by atoms with E-state index in [1.165, 1.54) is 0 Å². The normalized spacial score (nSPS) is 19.2. The van der Waals surface area contributed by atoms with E-state index in [0.717, 1.165) is 19.3 Å². The van der Waals surface area contributed by atoms with Crippen molar-refractivity contribution in [3.63, 3.8) is 0 Å². The summed E-state index contributed by atoms with van der Waals surface area (Å²) >= 11 is 3.32. The minimum Gasteiger partial charge on any atom is -0.350 e. The Morgan fingerprint density at radius 1 is 1.31 bits per heavy atom. The molecular weight excluding hydrogens is 270 g/mol. The zero-order valence-electron chi connectivity index (χ0n) is 9.20. The molecule has 2 rings (SSSR count). The molecule has 3 N–H and O–H groups in total. The van der Waals surface area contributed by atoms with E-state index in [-0.39, 0.29) is 5.54 Å². The average molecular weight is 286 g/mol. The minimum absolute atomic E-state index is 0.168. The summed E-state index contributed by atoms with van der Waals surface area (Å²) in [7, 11) is 0. The van der Waals surface area contributed by atoms with Gasteiger partial charge in [0.15, 0.2) is 0 Å². The average Bonchev–Trinajstić information content (AvgIpc) is 2.15. The maximum absolute atomic E-state index is 10.1. The van der Waals surface area contributed by atoms with Crippen LogP contribution in [0.1, 0.15) is 31.7 Å². The van der Waals surface area contributed by atoms with Gasteiger partial charge in [-0.1, -0.05) is 34.1 Å². The maximum atomic E-state index is 10.1. The van der Waals surface area contributed by atoms with Crippen LogP contribution >= 0.6 is 15.9 Å². The zero-order chi connectivity index (χ0) is 11.8. The fraction of sp³-hybridized carbons (Fsp3) is 0.500. The molecule has 1 aromatic rings. The smallest absolute Gasteiger partial charge is 0.252 e. The molecule has 0 bridgehead atoms. The van der Waals surface area contributed by atoms with Gasteiger partial charge in [0, 0.05) is 15.6 Å². The molecular formula is C12H16BrNO2. The van der Waals surface area contributed by atoms with Crippen LogP contribution in [0.15, 0.2) is 28.7 Å². The van der Waals surface area contributed by atoms with Gasteiger partial charge in [0.25, 0.3) is 5.91 Å². The molecule has 88 valence electrons. The molecule has 0 amide bonds. The maximum Gasteiger partial charge on any atom is 0.252 e. The third kappa shape index (κ3) is 2.30. The standard InChI is InChI=1S/C12H16BrNO2/c1-11(7-4-8-11)14-12(15,16)9-5-2-3-6-10(9)13/h2-3,5-6,14-16H,4,7-8H2,1H3. The highest BCUT2D eigenvalue weighted by Gasteiger charge is 2.40. The summed E-state index contributed by atoms with van der Waals surface area (Å²) in [4.78, 5) is 0. The van der Waals surface area contributed by atoms with Crippen LogP contribution in [0.2, 0.25) is 0 Å². The van der Waals surface area contributed by atoms with Crippen molar-refractivity contribution in [1.29, 1.82) is 0 Å². The number of hydrogen-bond donors (Lipinski definition) is 3. The van der Waals surface area contributed by atoms with Crippen molar-refractivity contribution in [2.24, 2.45) is 0 Å². The second-order valence-electron chi connectivity index (χ2n) is 4.69. The molecule has 3 nitrogen and oxygen atoms in total. The van der Waals surface area contributed by atoms with Gasteiger partial charge >= 0.3 is 0 Å². The monoisotopic (exact) mass is 285 g/mol. The van der Waals surface area contributed by atoms with E-state index in [1.54, 1.807) is 18.2 Å². The van der Waals surface area contributed by atoms with Crippen LogP contribution in [-0.2, 0) is 5.91 Å². The molecule has 0 atom stereocenters. The fourth-order valence-electron chi connectivity index (χ4n) is 2.06. The highest BCUT2D eigenvalue weighted by Crippen LogP contribution is 2.35. The second-order valence-corrected chi connectivity index (χ2v) is 5.55. The number of nitrogens with one attached hydrogen (secondary N) is 1. The van der Waals surface area contributed by atoms with E-state index in [2.05, 4.69) is 21.2 Å². The van der Waals surface area contributed by atoms with Crippen molar-refractivity contribution < 1.29 is 10.2 Å². The summed E-state index contributed by atoms with van der Waals surface area (Å²) in [5.41, 5.74) is 0.279. The lowest BCUT2D eigenvalue weighted by Gasteiger charge is -2.43. The lowest BCUT2D eigenvalue weighted by molar-refractivity contribution is -0.216. The predicted octanol–water partition coefficient (Wildman–Crippen LogP) is 2.08. The Morgan fingerprint density at radius 2 is 1.94 bits per heavy atom. The Morgan fingerprint density at radius 3 is 2.44 bits per heavy atom. The van der Waals surface area contributed by atoms with Crippen LogP contribution in [0.3, 0.4) is 0 Å². The number of hydrogen-bond acceptors (Lipinski definition) is 3. The quantitative estimate of drug-likeness (QED) is 0.746. The van der Waals surface area contributed by atoms with Gasteiger partial charge in [-0.2, -0.15) is 0 Å². The Hall–Kier alpha value is -0.420. The van der Waals surface area contributed by atoms with Crippen LogP contribution in [0, 0.1) is 0 Å². The molecule has 0 radical (unpaired) electrons. The number of rotatable bonds is 3. The third-order valence-corrected chi connectivity index (χ3v) is 3.87. The number of benzene rings is 1. The lowest BCUT2D eigenvalue weighted by atomic mass is 9.78. The highest BCUT2D eigenvalue weighted by molar-refractivity contribution is 9.10. The van der Waals surface area contributed by atoms with Crippen molar-refractivity contribution >= 4 is 15.9 Å². The Kier molecular flexibility index (Phi) is 3.09. The molecule has 1 saturated carbocycles. The van der Waals surface area contributed by atoms with Gasteiger partial charge in [0.2, 0.25) is 0 Å². The first-order valence-electron chi connectivity index (χ1n) is 5.42. The Balaban J connectivity index is 2.21. The predicted molar refractivity (Wildman–Crippen MR) is 65.6 cm³/mol. The lowest BCUT2D eigenvalue weighted by Crippen LogP contribution is -2.58. The van der Waals surface area contributed by atoms with Gasteiger partial charge in [0.1, 0.15) is 0 Å². The molecule has 4 heteroatoms. The summed E-state index contributed by atoms with van der Waals surface area (Å²) < 4.78 is 0.690. The first kappa shape index (κ1) is 12.0. The highest BCUT2D eigenvalue weighted by atomic mass is 79.9. The van der Waals surface area contributed by atoms with Crippen molar-refractivity contribution in [2.75, 3.05) is 0 Å². The van der Waals surface area contributed by atoms with Crippen LogP contribution in [-0.4, -0.2) is 15.8 Å². The molecule has 0 spiro atoms. The number of halogens is 1. The molecule has 0 aliphatic heterocycles. The summed E-state index contributed by atoms with van der Waals surface area (Å²) in [5, 5.41) is 23.1. The Bertz CT molecular complexity index is 388. The number of aliphatic hydroxyl groups is 2. The van der Waals surface area contributed by atoms with Gasteiger partial charge in [-0.15, -0.1) is 0 Å². The van der Waals surface area contributed by atoms with E-state index in [1.807, 2.05) is 13.0 Å². The van der Waals surface area contributed by atoms with Crippen LogP contribution in [0.4, 0.5) is 0 Å². The van der Waals surface area contributed by atoms with Crippen molar-refractivity contribution in [3.05, 3.63) is 34.3 Å². The van der Waals surface area contributed by atoms with Crippen LogP contribution < -0.4 is 5.32 Å². The summed E-state index contributed by atoms with van der Waals surface area (Å²) in [6, 6.07) is 7.11. The zero-order valence-corrected chi connectivity index (χ0v) is 10.8. The Labute approximate surface area is 104 Å². The summed E-state index contributed by atoms with van der Waals surface area (Å²) in [5.74, 6) is -1.98. The fourth-order valence-corrected chi connectivity index (χ4v) is 2.63. The topological polar surface area (TPSA) is 52.5 Å². The molecule has 0 unspecified atom stereocenters. The van der Waals surface area contributed by atoms with E-state index in [0.29, 0.717) is 10.0 Å². The van der Waals surface area contributed by atoms with Gasteiger partial charge in [-0.25, -0.2) is 0 Å². The molecule has 1 aromatic carbocycles. The van der Waals surface area contributed by atoms with E-state index < -0.39 is 5.91 Å².